The van der Waals surface area contributed by atoms with Gasteiger partial charge in [-0.1, -0.05) is 0 Å². The molecule has 4 rings (SSSR count). The number of fused-ring (bicyclic) bond motifs is 1. The van der Waals surface area contributed by atoms with Crippen LogP contribution in [0.4, 0.5) is 9.39 Å². The second-order valence-corrected chi connectivity index (χ2v) is 7.79. The normalized spacial score (nSPS) is 12.5. The summed E-state index contributed by atoms with van der Waals surface area (Å²) >= 11 is 1.32. The number of aryl methyl sites for hydroxylation is 1. The zero-order chi connectivity index (χ0) is 21.3. The van der Waals surface area contributed by atoms with Gasteiger partial charge in [0.15, 0.2) is 5.69 Å². The van der Waals surface area contributed by atoms with Crippen LogP contribution in [-0.2, 0) is 17.6 Å². The molecule has 0 atom stereocenters. The molecule has 2 heterocycles. The summed E-state index contributed by atoms with van der Waals surface area (Å²) in [6, 6.07) is 6.70. The molecule has 0 fully saturated rings. The summed E-state index contributed by atoms with van der Waals surface area (Å²) in [5, 5.41) is 7.13. The standard InChI is InChI=1S/C21H18FN3O4S/c1-2-29-21(28)17-14-4-3-5-16(14)30-20(17)23-19(27)18-15(26)10-11-25(24-18)13-8-6-12(22)7-9-13/h6-11H,2-5H2,1H3,(H,23,27). The third kappa shape index (κ3) is 3.76. The fraction of sp³-hybridized carbons (Fsp3) is 0.238. The summed E-state index contributed by atoms with van der Waals surface area (Å²) in [6.45, 7) is 1.94. The van der Waals surface area contributed by atoms with Crippen LogP contribution in [0.15, 0.2) is 41.3 Å². The van der Waals surface area contributed by atoms with E-state index in [0.717, 1.165) is 29.7 Å². The quantitative estimate of drug-likeness (QED) is 0.631. The largest absolute Gasteiger partial charge is 0.462 e. The maximum absolute atomic E-state index is 13.2. The lowest BCUT2D eigenvalue weighted by Gasteiger charge is -2.09. The number of thiophene rings is 1. The third-order valence-electron chi connectivity index (χ3n) is 4.74. The SMILES string of the molecule is CCOC(=O)c1c(NC(=O)c2nn(-c3ccc(F)cc3)ccc2=O)sc2c1CCC2. The lowest BCUT2D eigenvalue weighted by atomic mass is 10.1. The molecule has 7 nitrogen and oxygen atoms in total. The number of amides is 1. The molecular weight excluding hydrogens is 409 g/mol. The number of nitrogens with one attached hydrogen (secondary N) is 1. The molecule has 1 amide bonds. The van der Waals surface area contributed by atoms with Crippen LogP contribution in [0.3, 0.4) is 0 Å². The van der Waals surface area contributed by atoms with Gasteiger partial charge >= 0.3 is 5.97 Å². The van der Waals surface area contributed by atoms with Crippen molar-refractivity contribution in [3.63, 3.8) is 0 Å². The van der Waals surface area contributed by atoms with Gasteiger partial charge in [-0.15, -0.1) is 11.3 Å². The number of anilines is 1. The molecule has 0 saturated carbocycles. The Morgan fingerprint density at radius 3 is 2.73 bits per heavy atom. The molecule has 0 aliphatic heterocycles. The van der Waals surface area contributed by atoms with Crippen molar-refractivity contribution in [1.82, 2.24) is 9.78 Å². The van der Waals surface area contributed by atoms with Crippen LogP contribution in [0.5, 0.6) is 0 Å². The predicted octanol–water partition coefficient (Wildman–Crippen LogP) is 3.35. The number of benzene rings is 1. The highest BCUT2D eigenvalue weighted by Crippen LogP contribution is 2.39. The summed E-state index contributed by atoms with van der Waals surface area (Å²) in [5.41, 5.74) is 0.863. The molecule has 1 aromatic carbocycles. The van der Waals surface area contributed by atoms with Crippen molar-refractivity contribution >= 4 is 28.2 Å². The topological polar surface area (TPSA) is 90.3 Å². The molecule has 0 saturated heterocycles. The average molecular weight is 427 g/mol. The molecule has 0 radical (unpaired) electrons. The maximum atomic E-state index is 13.2. The fourth-order valence-electron chi connectivity index (χ4n) is 3.38. The van der Waals surface area contributed by atoms with Gasteiger partial charge in [-0.3, -0.25) is 9.59 Å². The van der Waals surface area contributed by atoms with Crippen LogP contribution in [0, 0.1) is 5.82 Å². The van der Waals surface area contributed by atoms with Crippen molar-refractivity contribution in [2.45, 2.75) is 26.2 Å². The molecule has 154 valence electrons. The second-order valence-electron chi connectivity index (χ2n) is 6.69. The minimum Gasteiger partial charge on any atom is -0.462 e. The number of hydrogen-bond acceptors (Lipinski definition) is 6. The van der Waals surface area contributed by atoms with Gasteiger partial charge in [0.2, 0.25) is 5.43 Å². The van der Waals surface area contributed by atoms with E-state index in [-0.39, 0.29) is 12.3 Å². The van der Waals surface area contributed by atoms with E-state index in [1.165, 1.54) is 52.5 Å². The maximum Gasteiger partial charge on any atom is 0.341 e. The van der Waals surface area contributed by atoms with Gasteiger partial charge in [0.1, 0.15) is 10.8 Å². The van der Waals surface area contributed by atoms with E-state index in [2.05, 4.69) is 10.4 Å². The minimum absolute atomic E-state index is 0.222. The summed E-state index contributed by atoms with van der Waals surface area (Å²) in [7, 11) is 0. The van der Waals surface area contributed by atoms with Crippen LogP contribution in [-0.4, -0.2) is 28.3 Å². The van der Waals surface area contributed by atoms with E-state index in [1.807, 2.05) is 0 Å². The Balaban J connectivity index is 1.67. The number of carbonyl (C=O) groups excluding carboxylic acids is 2. The molecule has 2 aromatic heterocycles. The van der Waals surface area contributed by atoms with Gasteiger partial charge in [-0.25, -0.2) is 13.9 Å². The van der Waals surface area contributed by atoms with Crippen molar-refractivity contribution in [2.24, 2.45) is 0 Å². The Labute approximate surface area is 175 Å². The monoisotopic (exact) mass is 427 g/mol. The minimum atomic E-state index is -0.720. The van der Waals surface area contributed by atoms with Crippen molar-refractivity contribution in [3.05, 3.63) is 74.3 Å². The number of esters is 1. The highest BCUT2D eigenvalue weighted by atomic mass is 32.1. The molecule has 0 unspecified atom stereocenters. The number of hydrogen-bond donors (Lipinski definition) is 1. The van der Waals surface area contributed by atoms with Crippen LogP contribution < -0.4 is 10.7 Å². The third-order valence-corrected chi connectivity index (χ3v) is 5.95. The molecule has 0 bridgehead atoms. The van der Waals surface area contributed by atoms with Gasteiger partial charge in [-0.05, 0) is 56.0 Å². The van der Waals surface area contributed by atoms with Crippen molar-refractivity contribution in [1.29, 1.82) is 0 Å². The highest BCUT2D eigenvalue weighted by Gasteiger charge is 2.29. The molecule has 1 N–H and O–H groups in total. The van der Waals surface area contributed by atoms with Crippen LogP contribution in [0.1, 0.15) is 44.6 Å². The Morgan fingerprint density at radius 1 is 1.23 bits per heavy atom. The van der Waals surface area contributed by atoms with Gasteiger partial charge < -0.3 is 10.1 Å². The first-order valence-corrected chi connectivity index (χ1v) is 10.3. The Bertz CT molecular complexity index is 1180. The Hall–Kier alpha value is -3.33. The summed E-state index contributed by atoms with van der Waals surface area (Å²) in [6.07, 6.45) is 3.93. The lowest BCUT2D eigenvalue weighted by molar-refractivity contribution is 0.0527. The van der Waals surface area contributed by atoms with Gasteiger partial charge in [-0.2, -0.15) is 5.10 Å². The van der Waals surface area contributed by atoms with Crippen molar-refractivity contribution in [3.8, 4) is 5.69 Å². The van der Waals surface area contributed by atoms with Crippen molar-refractivity contribution in [2.75, 3.05) is 11.9 Å². The van der Waals surface area contributed by atoms with E-state index in [0.29, 0.717) is 16.3 Å². The molecule has 1 aliphatic rings. The summed E-state index contributed by atoms with van der Waals surface area (Å²) in [5.74, 6) is -1.62. The lowest BCUT2D eigenvalue weighted by Crippen LogP contribution is -2.26. The first-order chi connectivity index (χ1) is 14.5. The number of carbonyl (C=O) groups is 2. The predicted molar refractivity (Wildman–Crippen MR) is 110 cm³/mol. The molecule has 9 heteroatoms. The summed E-state index contributed by atoms with van der Waals surface area (Å²) in [4.78, 5) is 38.6. The van der Waals surface area contributed by atoms with E-state index < -0.39 is 23.1 Å². The van der Waals surface area contributed by atoms with Crippen LogP contribution in [0.2, 0.25) is 0 Å². The molecule has 1 aliphatic carbocycles. The van der Waals surface area contributed by atoms with E-state index in [9.17, 15) is 18.8 Å². The zero-order valence-electron chi connectivity index (χ0n) is 16.1. The fourth-order valence-corrected chi connectivity index (χ4v) is 4.65. The first kappa shape index (κ1) is 20.0. The number of rotatable bonds is 5. The Kier molecular flexibility index (Phi) is 5.45. The van der Waals surface area contributed by atoms with Gasteiger partial charge in [0, 0.05) is 17.1 Å². The Morgan fingerprint density at radius 2 is 2.00 bits per heavy atom. The van der Waals surface area contributed by atoms with Crippen LogP contribution >= 0.6 is 11.3 Å². The van der Waals surface area contributed by atoms with E-state index in [4.69, 9.17) is 4.74 Å². The van der Waals surface area contributed by atoms with Gasteiger partial charge in [0.05, 0.1) is 17.9 Å². The summed E-state index contributed by atoms with van der Waals surface area (Å²) < 4.78 is 19.6. The van der Waals surface area contributed by atoms with Gasteiger partial charge in [0.25, 0.3) is 5.91 Å². The second kappa shape index (κ2) is 8.19. The first-order valence-electron chi connectivity index (χ1n) is 9.47. The smallest absolute Gasteiger partial charge is 0.341 e. The van der Waals surface area contributed by atoms with Crippen molar-refractivity contribution < 1.29 is 18.7 Å². The van der Waals surface area contributed by atoms with E-state index in [1.54, 1.807) is 6.92 Å². The highest BCUT2D eigenvalue weighted by molar-refractivity contribution is 7.17. The average Bonchev–Trinajstić information content (AvgIpc) is 3.30. The zero-order valence-corrected chi connectivity index (χ0v) is 16.9. The number of ether oxygens (including phenoxy) is 1. The molecule has 0 spiro atoms. The number of nitrogens with zero attached hydrogens (tertiary/aromatic N) is 2. The van der Waals surface area contributed by atoms with Crippen LogP contribution in [0.25, 0.3) is 5.69 Å². The number of halogens is 1. The number of aromatic nitrogens is 2. The molecule has 3 aromatic rings. The molecular formula is C21H18FN3O4S. The molecule has 30 heavy (non-hydrogen) atoms. The van der Waals surface area contributed by atoms with E-state index >= 15 is 0 Å².